The van der Waals surface area contributed by atoms with Gasteiger partial charge in [0.1, 0.15) is 18.5 Å². The molecule has 0 saturated heterocycles. The van der Waals surface area contributed by atoms with E-state index in [1.165, 1.54) is 0 Å². The molecule has 0 radical (unpaired) electrons. The van der Waals surface area contributed by atoms with Crippen molar-refractivity contribution in [3.8, 4) is 5.75 Å². The predicted molar refractivity (Wildman–Crippen MR) is 87.9 cm³/mol. The van der Waals surface area contributed by atoms with Crippen LogP contribution >= 0.6 is 0 Å². The van der Waals surface area contributed by atoms with E-state index in [1.54, 1.807) is 0 Å². The molecule has 0 aliphatic rings. The van der Waals surface area contributed by atoms with Gasteiger partial charge in [-0.1, -0.05) is 32.0 Å². The summed E-state index contributed by atoms with van der Waals surface area (Å²) in [4.78, 5) is 2.16. The number of likely N-dealkylation sites (N-methyl/N-ethyl adjacent to an activating group) is 1. The SMILES string of the molecule is Cc1ccccc1OCC(O)CNC(CN(C)C)C(C)C. The fraction of sp³-hybridized carbons (Fsp3) is 0.647. The Hall–Kier alpha value is -1.10. The molecule has 0 aliphatic carbocycles. The summed E-state index contributed by atoms with van der Waals surface area (Å²) in [7, 11) is 4.13. The largest absolute Gasteiger partial charge is 0.491 e. The molecule has 0 saturated carbocycles. The van der Waals surface area contributed by atoms with Crippen LogP contribution in [0.25, 0.3) is 0 Å². The highest BCUT2D eigenvalue weighted by Gasteiger charge is 2.15. The smallest absolute Gasteiger partial charge is 0.122 e. The number of nitrogens with one attached hydrogen (secondary N) is 1. The second-order valence-corrected chi connectivity index (χ2v) is 6.25. The number of para-hydroxylation sites is 1. The van der Waals surface area contributed by atoms with E-state index in [0.29, 0.717) is 25.1 Å². The van der Waals surface area contributed by atoms with Crippen LogP contribution in [0.3, 0.4) is 0 Å². The highest BCUT2D eigenvalue weighted by atomic mass is 16.5. The summed E-state index contributed by atoms with van der Waals surface area (Å²) < 4.78 is 5.67. The van der Waals surface area contributed by atoms with Crippen molar-refractivity contribution >= 4 is 0 Å². The molecule has 4 heteroatoms. The van der Waals surface area contributed by atoms with Gasteiger partial charge in [-0.25, -0.2) is 0 Å². The average Bonchev–Trinajstić information content (AvgIpc) is 2.41. The molecule has 0 bridgehead atoms. The summed E-state index contributed by atoms with van der Waals surface area (Å²) in [6.07, 6.45) is -0.506. The van der Waals surface area contributed by atoms with E-state index in [4.69, 9.17) is 4.74 Å². The highest BCUT2D eigenvalue weighted by molar-refractivity contribution is 5.31. The third-order valence-corrected chi connectivity index (χ3v) is 3.51. The molecule has 120 valence electrons. The average molecular weight is 294 g/mol. The van der Waals surface area contributed by atoms with Crippen molar-refractivity contribution in [1.29, 1.82) is 0 Å². The van der Waals surface area contributed by atoms with Crippen LogP contribution in [0.2, 0.25) is 0 Å². The third kappa shape index (κ3) is 6.93. The van der Waals surface area contributed by atoms with Crippen molar-refractivity contribution in [2.24, 2.45) is 5.92 Å². The Morgan fingerprint density at radius 2 is 1.90 bits per heavy atom. The number of ether oxygens (including phenoxy) is 1. The molecular weight excluding hydrogens is 264 g/mol. The van der Waals surface area contributed by atoms with E-state index in [-0.39, 0.29) is 0 Å². The van der Waals surface area contributed by atoms with Crippen LogP contribution in [-0.4, -0.2) is 55.9 Å². The number of hydrogen-bond acceptors (Lipinski definition) is 4. The third-order valence-electron chi connectivity index (χ3n) is 3.51. The van der Waals surface area contributed by atoms with Gasteiger partial charge in [0.15, 0.2) is 0 Å². The van der Waals surface area contributed by atoms with E-state index in [2.05, 4.69) is 38.2 Å². The molecule has 0 spiro atoms. The highest BCUT2D eigenvalue weighted by Crippen LogP contribution is 2.16. The van der Waals surface area contributed by atoms with E-state index in [9.17, 15) is 5.11 Å². The van der Waals surface area contributed by atoms with Gasteiger partial charge in [0.25, 0.3) is 0 Å². The maximum Gasteiger partial charge on any atom is 0.122 e. The Kier molecular flexibility index (Phi) is 7.72. The van der Waals surface area contributed by atoms with Gasteiger partial charge in [-0.2, -0.15) is 0 Å². The minimum Gasteiger partial charge on any atom is -0.491 e. The van der Waals surface area contributed by atoms with Crippen LogP contribution in [0.5, 0.6) is 5.75 Å². The van der Waals surface area contributed by atoms with Gasteiger partial charge in [0.05, 0.1) is 0 Å². The molecule has 0 aliphatic heterocycles. The summed E-state index contributed by atoms with van der Waals surface area (Å²) in [5, 5.41) is 13.5. The molecule has 0 aromatic heterocycles. The molecule has 1 rings (SSSR count). The Labute approximate surface area is 129 Å². The lowest BCUT2D eigenvalue weighted by Crippen LogP contribution is -2.45. The standard InChI is InChI=1S/C17H30N2O2/c1-13(2)16(11-19(4)5)18-10-15(20)12-21-17-9-7-6-8-14(17)3/h6-9,13,15-16,18,20H,10-12H2,1-5H3. The first kappa shape index (κ1) is 18.0. The van der Waals surface area contributed by atoms with E-state index in [1.807, 2.05) is 31.2 Å². The molecule has 0 amide bonds. The Bertz CT molecular complexity index is 408. The number of hydrogen-bond donors (Lipinski definition) is 2. The molecule has 2 unspecified atom stereocenters. The Morgan fingerprint density at radius 3 is 2.48 bits per heavy atom. The molecule has 1 aromatic carbocycles. The summed E-state index contributed by atoms with van der Waals surface area (Å²) in [5.74, 6) is 1.36. The van der Waals surface area contributed by atoms with Crippen LogP contribution < -0.4 is 10.1 Å². The molecule has 4 nitrogen and oxygen atoms in total. The van der Waals surface area contributed by atoms with Crippen molar-refractivity contribution in [3.05, 3.63) is 29.8 Å². The van der Waals surface area contributed by atoms with Crippen molar-refractivity contribution in [2.75, 3.05) is 33.8 Å². The minimum atomic E-state index is -0.506. The second-order valence-electron chi connectivity index (χ2n) is 6.25. The predicted octanol–water partition coefficient (Wildman–Crippen LogP) is 1.91. The first-order chi connectivity index (χ1) is 9.90. The zero-order valence-corrected chi connectivity index (χ0v) is 14.0. The monoisotopic (exact) mass is 294 g/mol. The van der Waals surface area contributed by atoms with Crippen molar-refractivity contribution in [2.45, 2.75) is 32.9 Å². The van der Waals surface area contributed by atoms with Gasteiger partial charge < -0.3 is 20.1 Å². The zero-order chi connectivity index (χ0) is 15.8. The maximum atomic E-state index is 10.1. The number of aryl methyl sites for hydroxylation is 1. The van der Waals surface area contributed by atoms with Gasteiger partial charge in [-0.05, 0) is 38.6 Å². The lowest BCUT2D eigenvalue weighted by Gasteiger charge is -2.27. The molecule has 2 atom stereocenters. The molecule has 0 fully saturated rings. The number of aliphatic hydroxyl groups is 1. The lowest BCUT2D eigenvalue weighted by atomic mass is 10.0. The minimum absolute atomic E-state index is 0.310. The molecule has 21 heavy (non-hydrogen) atoms. The van der Waals surface area contributed by atoms with Gasteiger partial charge in [-0.3, -0.25) is 0 Å². The lowest BCUT2D eigenvalue weighted by molar-refractivity contribution is 0.0993. The van der Waals surface area contributed by atoms with Gasteiger partial charge in [0, 0.05) is 19.1 Å². The van der Waals surface area contributed by atoms with Crippen molar-refractivity contribution in [1.82, 2.24) is 10.2 Å². The first-order valence-corrected chi connectivity index (χ1v) is 7.64. The van der Waals surface area contributed by atoms with Crippen LogP contribution in [0.15, 0.2) is 24.3 Å². The maximum absolute atomic E-state index is 10.1. The normalized spacial score (nSPS) is 14.5. The molecule has 2 N–H and O–H groups in total. The number of benzene rings is 1. The summed E-state index contributed by atoms with van der Waals surface area (Å²) in [6, 6.07) is 8.23. The first-order valence-electron chi connectivity index (χ1n) is 7.64. The quantitative estimate of drug-likeness (QED) is 0.730. The van der Waals surface area contributed by atoms with Crippen LogP contribution in [-0.2, 0) is 0 Å². The Morgan fingerprint density at radius 1 is 1.24 bits per heavy atom. The number of nitrogens with zero attached hydrogens (tertiary/aromatic N) is 1. The fourth-order valence-electron chi connectivity index (χ4n) is 2.16. The van der Waals surface area contributed by atoms with Gasteiger partial charge in [0.2, 0.25) is 0 Å². The van der Waals surface area contributed by atoms with Crippen LogP contribution in [0.1, 0.15) is 19.4 Å². The van der Waals surface area contributed by atoms with Gasteiger partial charge >= 0.3 is 0 Å². The zero-order valence-electron chi connectivity index (χ0n) is 14.0. The van der Waals surface area contributed by atoms with E-state index < -0.39 is 6.10 Å². The number of rotatable bonds is 9. The van der Waals surface area contributed by atoms with E-state index in [0.717, 1.165) is 17.9 Å². The summed E-state index contributed by atoms with van der Waals surface area (Å²) >= 11 is 0. The summed E-state index contributed by atoms with van der Waals surface area (Å²) in [6.45, 7) is 8.21. The van der Waals surface area contributed by atoms with Crippen molar-refractivity contribution in [3.63, 3.8) is 0 Å². The van der Waals surface area contributed by atoms with E-state index >= 15 is 0 Å². The number of aliphatic hydroxyl groups excluding tert-OH is 1. The fourth-order valence-corrected chi connectivity index (χ4v) is 2.16. The summed E-state index contributed by atoms with van der Waals surface area (Å²) in [5.41, 5.74) is 1.09. The molecule has 0 heterocycles. The van der Waals surface area contributed by atoms with Crippen LogP contribution in [0.4, 0.5) is 0 Å². The topological polar surface area (TPSA) is 44.7 Å². The van der Waals surface area contributed by atoms with Crippen molar-refractivity contribution < 1.29 is 9.84 Å². The Balaban J connectivity index is 2.36. The molecular formula is C17H30N2O2. The van der Waals surface area contributed by atoms with Gasteiger partial charge in [-0.15, -0.1) is 0 Å². The molecule has 1 aromatic rings. The van der Waals surface area contributed by atoms with Crippen LogP contribution in [0, 0.1) is 12.8 Å². The second kappa shape index (κ2) is 9.03.